The SMILES string of the molecule is Cc1ccc(NC(=O)c2cc(N3CCN(C)CC3)c(F)c(C(F)(F)F)c2)cc1-n1cc(-c2cncc(N3CCOCC3)c2)nn1. The second-order valence-electron chi connectivity index (χ2n) is 11.2. The Hall–Kier alpha value is -4.56. The highest BCUT2D eigenvalue weighted by molar-refractivity contribution is 6.05. The number of morpholine rings is 1. The molecule has 236 valence electrons. The van der Waals surface area contributed by atoms with Crippen molar-refractivity contribution in [3.8, 4) is 16.9 Å². The highest BCUT2D eigenvalue weighted by Gasteiger charge is 2.37. The van der Waals surface area contributed by atoms with Gasteiger partial charge in [0.25, 0.3) is 5.91 Å². The number of piperazine rings is 1. The van der Waals surface area contributed by atoms with Crippen LogP contribution < -0.4 is 15.1 Å². The monoisotopic (exact) mass is 624 g/mol. The van der Waals surface area contributed by atoms with Gasteiger partial charge in [0.15, 0.2) is 5.82 Å². The van der Waals surface area contributed by atoms with Crippen LogP contribution in [0.5, 0.6) is 0 Å². The highest BCUT2D eigenvalue weighted by atomic mass is 19.4. The van der Waals surface area contributed by atoms with Gasteiger partial charge in [-0.3, -0.25) is 9.78 Å². The van der Waals surface area contributed by atoms with Crippen LogP contribution in [0.25, 0.3) is 16.9 Å². The second-order valence-corrected chi connectivity index (χ2v) is 11.2. The number of anilines is 3. The first-order chi connectivity index (χ1) is 21.6. The first kappa shape index (κ1) is 30.5. The molecule has 2 aliphatic rings. The number of ether oxygens (including phenoxy) is 1. The van der Waals surface area contributed by atoms with E-state index >= 15 is 4.39 Å². The molecule has 0 bridgehead atoms. The average Bonchev–Trinajstić information content (AvgIpc) is 3.53. The van der Waals surface area contributed by atoms with E-state index in [1.54, 1.807) is 46.4 Å². The van der Waals surface area contributed by atoms with Crippen molar-refractivity contribution < 1.29 is 27.1 Å². The number of nitrogens with zero attached hydrogens (tertiary/aromatic N) is 7. The van der Waals surface area contributed by atoms with Gasteiger partial charge in [0, 0.05) is 62.3 Å². The van der Waals surface area contributed by atoms with Crippen LogP contribution in [0.15, 0.2) is 55.0 Å². The predicted molar refractivity (Wildman–Crippen MR) is 161 cm³/mol. The summed E-state index contributed by atoms with van der Waals surface area (Å²) in [5.41, 5.74) is 2.07. The summed E-state index contributed by atoms with van der Waals surface area (Å²) in [4.78, 5) is 23.4. The van der Waals surface area contributed by atoms with Gasteiger partial charge in [-0.1, -0.05) is 11.3 Å². The summed E-state index contributed by atoms with van der Waals surface area (Å²) in [7, 11) is 1.88. The number of carbonyl (C=O) groups is 1. The fraction of sp³-hybridized carbons (Fsp3) is 0.355. The van der Waals surface area contributed by atoms with Crippen molar-refractivity contribution in [2.75, 3.05) is 74.6 Å². The number of benzene rings is 2. The van der Waals surface area contributed by atoms with E-state index in [0.29, 0.717) is 62.5 Å². The Morgan fingerprint density at radius 2 is 1.69 bits per heavy atom. The van der Waals surface area contributed by atoms with Gasteiger partial charge in [0.2, 0.25) is 0 Å². The molecule has 0 spiro atoms. The molecule has 6 rings (SSSR count). The number of likely N-dealkylation sites (N-methyl/N-ethyl adjacent to an activating group) is 1. The van der Waals surface area contributed by atoms with Gasteiger partial charge < -0.3 is 24.8 Å². The third-order valence-electron chi connectivity index (χ3n) is 8.07. The van der Waals surface area contributed by atoms with Gasteiger partial charge in [-0.15, -0.1) is 5.10 Å². The van der Waals surface area contributed by atoms with E-state index in [-0.39, 0.29) is 11.3 Å². The molecule has 45 heavy (non-hydrogen) atoms. The van der Waals surface area contributed by atoms with Gasteiger partial charge in [-0.25, -0.2) is 9.07 Å². The lowest BCUT2D eigenvalue weighted by Crippen LogP contribution is -2.45. The van der Waals surface area contributed by atoms with E-state index in [9.17, 15) is 18.0 Å². The molecule has 14 heteroatoms. The number of nitrogens with one attached hydrogen (secondary N) is 1. The summed E-state index contributed by atoms with van der Waals surface area (Å²) >= 11 is 0. The minimum absolute atomic E-state index is 0.241. The van der Waals surface area contributed by atoms with E-state index in [2.05, 4.69) is 25.5 Å². The first-order valence-electron chi connectivity index (χ1n) is 14.5. The van der Waals surface area contributed by atoms with Crippen molar-refractivity contribution in [2.45, 2.75) is 13.1 Å². The van der Waals surface area contributed by atoms with Crippen LogP contribution in [0, 0.1) is 12.7 Å². The van der Waals surface area contributed by atoms with Gasteiger partial charge in [-0.05, 0) is 49.9 Å². The minimum Gasteiger partial charge on any atom is -0.378 e. The van der Waals surface area contributed by atoms with Crippen molar-refractivity contribution in [3.63, 3.8) is 0 Å². The Morgan fingerprint density at radius 3 is 2.42 bits per heavy atom. The number of hydrogen-bond acceptors (Lipinski definition) is 8. The molecule has 2 aliphatic heterocycles. The zero-order valence-electron chi connectivity index (χ0n) is 24.8. The molecule has 0 saturated carbocycles. The lowest BCUT2D eigenvalue weighted by atomic mass is 10.1. The molecule has 0 unspecified atom stereocenters. The normalized spacial score (nSPS) is 16.2. The summed E-state index contributed by atoms with van der Waals surface area (Å²) in [6.07, 6.45) is 0.269. The van der Waals surface area contributed by atoms with Crippen molar-refractivity contribution in [1.82, 2.24) is 24.9 Å². The summed E-state index contributed by atoms with van der Waals surface area (Å²) in [6.45, 7) is 6.48. The number of alkyl halides is 3. The third-order valence-corrected chi connectivity index (χ3v) is 8.07. The number of halogens is 4. The number of aromatic nitrogens is 4. The van der Waals surface area contributed by atoms with Crippen LogP contribution >= 0.6 is 0 Å². The molecule has 4 heterocycles. The molecular formula is C31H32F4N8O2. The Balaban J connectivity index is 1.25. The average molecular weight is 625 g/mol. The van der Waals surface area contributed by atoms with Crippen LogP contribution in [-0.4, -0.2) is 90.3 Å². The fourth-order valence-corrected chi connectivity index (χ4v) is 5.44. The molecule has 1 N–H and O–H groups in total. The van der Waals surface area contributed by atoms with Crippen LogP contribution in [0.1, 0.15) is 21.5 Å². The lowest BCUT2D eigenvalue weighted by molar-refractivity contribution is -0.139. The highest BCUT2D eigenvalue weighted by Crippen LogP contribution is 2.37. The molecule has 0 radical (unpaired) electrons. The Morgan fingerprint density at radius 1 is 0.933 bits per heavy atom. The molecule has 2 aromatic carbocycles. The number of rotatable bonds is 6. The zero-order chi connectivity index (χ0) is 31.7. The molecule has 2 fully saturated rings. The quantitative estimate of drug-likeness (QED) is 0.311. The van der Waals surface area contributed by atoms with Crippen molar-refractivity contribution in [3.05, 3.63) is 77.5 Å². The maximum Gasteiger partial charge on any atom is 0.419 e. The number of amides is 1. The topological polar surface area (TPSA) is 91.7 Å². The summed E-state index contributed by atoms with van der Waals surface area (Å²) in [5.74, 6) is -2.18. The Kier molecular flexibility index (Phi) is 8.42. The first-order valence-corrected chi connectivity index (χ1v) is 14.5. The number of carbonyl (C=O) groups excluding carboxylic acids is 1. The molecule has 10 nitrogen and oxygen atoms in total. The Bertz CT molecular complexity index is 1700. The standard InChI is InChI=1S/C31H32F4N8O2/c1-20-3-4-23(16-27(20)43-19-26(38-39-43)22-13-24(18-36-17-22)41-9-11-45-12-10-41)37-30(44)21-14-25(31(33,34)35)29(32)28(15-21)42-7-5-40(2)6-8-42/h3-4,13-19H,5-12H2,1-2H3,(H,37,44). The van der Waals surface area contributed by atoms with Crippen LogP contribution in [0.4, 0.5) is 34.6 Å². The molecular weight excluding hydrogens is 592 g/mol. The van der Waals surface area contributed by atoms with E-state index in [1.165, 1.54) is 6.07 Å². The third kappa shape index (κ3) is 6.61. The van der Waals surface area contributed by atoms with Crippen LogP contribution in [-0.2, 0) is 10.9 Å². The maximum absolute atomic E-state index is 15.1. The molecule has 0 aliphatic carbocycles. The number of pyridine rings is 1. The van der Waals surface area contributed by atoms with E-state index in [4.69, 9.17) is 4.74 Å². The molecule has 4 aromatic rings. The summed E-state index contributed by atoms with van der Waals surface area (Å²) in [6, 6.07) is 8.79. The van der Waals surface area contributed by atoms with Crippen molar-refractivity contribution in [1.29, 1.82) is 0 Å². The smallest absolute Gasteiger partial charge is 0.378 e. The lowest BCUT2D eigenvalue weighted by Gasteiger charge is -2.34. The zero-order valence-corrected chi connectivity index (χ0v) is 24.8. The van der Waals surface area contributed by atoms with E-state index in [1.807, 2.05) is 24.9 Å². The van der Waals surface area contributed by atoms with Gasteiger partial charge in [0.1, 0.15) is 5.69 Å². The molecule has 2 saturated heterocycles. The molecule has 2 aromatic heterocycles. The fourth-order valence-electron chi connectivity index (χ4n) is 5.44. The van der Waals surface area contributed by atoms with Crippen molar-refractivity contribution in [2.24, 2.45) is 0 Å². The second kappa shape index (κ2) is 12.4. The Labute approximate surface area is 257 Å². The van der Waals surface area contributed by atoms with Gasteiger partial charge >= 0.3 is 6.18 Å². The van der Waals surface area contributed by atoms with Gasteiger partial charge in [-0.2, -0.15) is 13.2 Å². The largest absolute Gasteiger partial charge is 0.419 e. The summed E-state index contributed by atoms with van der Waals surface area (Å²) < 4.78 is 63.6. The van der Waals surface area contributed by atoms with Gasteiger partial charge in [0.05, 0.1) is 48.2 Å². The predicted octanol–water partition coefficient (Wildman–Crippen LogP) is 4.64. The molecule has 0 atom stereocenters. The maximum atomic E-state index is 15.1. The molecule has 1 amide bonds. The van der Waals surface area contributed by atoms with E-state index in [0.717, 1.165) is 29.9 Å². The minimum atomic E-state index is -4.97. The summed E-state index contributed by atoms with van der Waals surface area (Å²) in [5, 5.41) is 11.3. The van der Waals surface area contributed by atoms with Crippen LogP contribution in [0.2, 0.25) is 0 Å². The van der Waals surface area contributed by atoms with E-state index < -0.39 is 23.5 Å². The van der Waals surface area contributed by atoms with Crippen molar-refractivity contribution >= 4 is 23.0 Å². The van der Waals surface area contributed by atoms with Crippen LogP contribution in [0.3, 0.4) is 0 Å². The number of hydrogen-bond donors (Lipinski definition) is 1. The number of aryl methyl sites for hydroxylation is 1.